The van der Waals surface area contributed by atoms with Crippen molar-refractivity contribution in [2.24, 2.45) is 17.3 Å². The van der Waals surface area contributed by atoms with Gasteiger partial charge in [-0.15, -0.1) is 0 Å². The first kappa shape index (κ1) is 13.8. The van der Waals surface area contributed by atoms with Gasteiger partial charge in [0.05, 0.1) is 17.5 Å². The summed E-state index contributed by atoms with van der Waals surface area (Å²) in [5.74, 6) is 4.92. The van der Waals surface area contributed by atoms with Crippen molar-refractivity contribution < 1.29 is 14.7 Å². The highest BCUT2D eigenvalue weighted by Gasteiger charge is 2.72. The standard InChI is InChI=1S/C17H17NO3/c1-10-9-12(7-6-11(10)5-4-8-19)18-15(20)13-14(16(18)21)17(13,2)3/h6-7,9,13-14,19H,8H2,1-3H3. The average Bonchev–Trinajstić information content (AvgIpc) is 2.88. The number of benzene rings is 1. The third-order valence-corrected chi connectivity index (χ3v) is 4.57. The van der Waals surface area contributed by atoms with E-state index in [0.717, 1.165) is 11.1 Å². The first-order valence-corrected chi connectivity index (χ1v) is 6.97. The molecule has 0 aromatic heterocycles. The second-order valence-electron chi connectivity index (χ2n) is 6.25. The molecule has 1 aliphatic heterocycles. The maximum Gasteiger partial charge on any atom is 0.238 e. The van der Waals surface area contributed by atoms with Crippen LogP contribution in [0, 0.1) is 36.0 Å². The Morgan fingerprint density at radius 2 is 1.86 bits per heavy atom. The molecular formula is C17H17NO3. The van der Waals surface area contributed by atoms with Gasteiger partial charge in [0, 0.05) is 5.56 Å². The van der Waals surface area contributed by atoms with Crippen molar-refractivity contribution in [3.63, 3.8) is 0 Å². The summed E-state index contributed by atoms with van der Waals surface area (Å²) < 4.78 is 0. The fraction of sp³-hybridized carbons (Fsp3) is 0.412. The van der Waals surface area contributed by atoms with Gasteiger partial charge in [-0.25, -0.2) is 0 Å². The molecule has 0 spiro atoms. The summed E-state index contributed by atoms with van der Waals surface area (Å²) in [5.41, 5.74) is 2.10. The number of aryl methyl sites for hydroxylation is 1. The predicted molar refractivity (Wildman–Crippen MR) is 78.4 cm³/mol. The Morgan fingerprint density at radius 1 is 1.24 bits per heavy atom. The van der Waals surface area contributed by atoms with Gasteiger partial charge in [-0.1, -0.05) is 25.7 Å². The van der Waals surface area contributed by atoms with Gasteiger partial charge < -0.3 is 5.11 Å². The van der Waals surface area contributed by atoms with Crippen LogP contribution in [0.1, 0.15) is 25.0 Å². The molecule has 2 aliphatic rings. The highest BCUT2D eigenvalue weighted by atomic mass is 16.2. The van der Waals surface area contributed by atoms with E-state index in [0.29, 0.717) is 5.69 Å². The molecule has 2 fully saturated rings. The van der Waals surface area contributed by atoms with Crippen LogP contribution in [0.4, 0.5) is 5.69 Å². The number of anilines is 1. The van der Waals surface area contributed by atoms with Crippen LogP contribution in [0.15, 0.2) is 18.2 Å². The van der Waals surface area contributed by atoms with Gasteiger partial charge >= 0.3 is 0 Å². The van der Waals surface area contributed by atoms with Crippen molar-refractivity contribution in [3.8, 4) is 11.8 Å². The molecule has 1 N–H and O–H groups in total. The van der Waals surface area contributed by atoms with Gasteiger partial charge in [-0.3, -0.25) is 14.5 Å². The van der Waals surface area contributed by atoms with Gasteiger partial charge in [0.1, 0.15) is 6.61 Å². The first-order valence-electron chi connectivity index (χ1n) is 6.97. The van der Waals surface area contributed by atoms with Crippen LogP contribution in [-0.2, 0) is 9.59 Å². The Bertz CT molecular complexity index is 684. The predicted octanol–water partition coefficient (Wildman–Crippen LogP) is 1.48. The Kier molecular flexibility index (Phi) is 2.93. The molecule has 1 saturated carbocycles. The van der Waals surface area contributed by atoms with Crippen molar-refractivity contribution in [2.75, 3.05) is 11.5 Å². The van der Waals surface area contributed by atoms with Crippen LogP contribution in [0.3, 0.4) is 0 Å². The van der Waals surface area contributed by atoms with E-state index in [1.165, 1.54) is 4.90 Å². The first-order chi connectivity index (χ1) is 9.89. The lowest BCUT2D eigenvalue weighted by Gasteiger charge is -2.21. The molecule has 3 rings (SSSR count). The van der Waals surface area contributed by atoms with E-state index in [1.807, 2.05) is 20.8 Å². The Labute approximate surface area is 123 Å². The van der Waals surface area contributed by atoms with Gasteiger partial charge in [0.15, 0.2) is 0 Å². The number of amides is 2. The molecule has 21 heavy (non-hydrogen) atoms. The van der Waals surface area contributed by atoms with Crippen molar-refractivity contribution in [3.05, 3.63) is 29.3 Å². The molecule has 108 valence electrons. The highest BCUT2D eigenvalue weighted by molar-refractivity contribution is 6.25. The van der Waals surface area contributed by atoms with Crippen LogP contribution in [0.5, 0.6) is 0 Å². The molecule has 1 saturated heterocycles. The molecule has 1 aliphatic carbocycles. The molecule has 4 heteroatoms. The van der Waals surface area contributed by atoms with Gasteiger partial charge in [-0.2, -0.15) is 0 Å². The SMILES string of the molecule is Cc1cc(N2C(=O)C3C(C2=O)C3(C)C)ccc1C#CCO. The number of aliphatic hydroxyl groups excluding tert-OH is 1. The third kappa shape index (κ3) is 1.89. The second-order valence-corrected chi connectivity index (χ2v) is 6.25. The fourth-order valence-corrected chi connectivity index (χ4v) is 3.26. The Balaban J connectivity index is 1.91. The van der Waals surface area contributed by atoms with E-state index in [-0.39, 0.29) is 35.7 Å². The maximum atomic E-state index is 12.4. The minimum absolute atomic E-state index is 0.0939. The minimum Gasteiger partial charge on any atom is -0.384 e. The molecule has 2 amide bonds. The quantitative estimate of drug-likeness (QED) is 0.627. The van der Waals surface area contributed by atoms with Crippen LogP contribution >= 0.6 is 0 Å². The van der Waals surface area contributed by atoms with Gasteiger partial charge in [0.25, 0.3) is 0 Å². The number of rotatable bonds is 1. The number of aliphatic hydroxyl groups is 1. The smallest absolute Gasteiger partial charge is 0.238 e. The van der Waals surface area contributed by atoms with Gasteiger partial charge in [0.2, 0.25) is 11.8 Å². The molecule has 2 unspecified atom stereocenters. The topological polar surface area (TPSA) is 57.6 Å². The normalized spacial score (nSPS) is 25.4. The van der Waals surface area contributed by atoms with Crippen LogP contribution in [0.2, 0.25) is 0 Å². The number of hydrogen-bond donors (Lipinski definition) is 1. The highest BCUT2D eigenvalue weighted by Crippen LogP contribution is 2.63. The van der Waals surface area contributed by atoms with E-state index < -0.39 is 0 Å². The summed E-state index contributed by atoms with van der Waals surface area (Å²) in [4.78, 5) is 26.1. The van der Waals surface area contributed by atoms with E-state index in [1.54, 1.807) is 18.2 Å². The monoisotopic (exact) mass is 283 g/mol. The molecular weight excluding hydrogens is 266 g/mol. The maximum absolute atomic E-state index is 12.4. The van der Waals surface area contributed by atoms with Crippen molar-refractivity contribution in [2.45, 2.75) is 20.8 Å². The average molecular weight is 283 g/mol. The van der Waals surface area contributed by atoms with Crippen LogP contribution < -0.4 is 4.90 Å². The van der Waals surface area contributed by atoms with Crippen LogP contribution in [0.25, 0.3) is 0 Å². The summed E-state index contributed by atoms with van der Waals surface area (Å²) in [7, 11) is 0. The number of imide groups is 1. The summed E-state index contributed by atoms with van der Waals surface area (Å²) in [6.07, 6.45) is 0. The summed E-state index contributed by atoms with van der Waals surface area (Å²) in [6, 6.07) is 5.32. The lowest BCUT2D eigenvalue weighted by Crippen LogP contribution is -2.36. The van der Waals surface area contributed by atoms with Gasteiger partial charge in [-0.05, 0) is 36.1 Å². The molecule has 2 atom stereocenters. The van der Waals surface area contributed by atoms with E-state index >= 15 is 0 Å². The fourth-order valence-electron chi connectivity index (χ4n) is 3.26. The molecule has 0 bridgehead atoms. The van der Waals surface area contributed by atoms with E-state index in [9.17, 15) is 9.59 Å². The van der Waals surface area contributed by atoms with E-state index in [2.05, 4.69) is 11.8 Å². The zero-order chi connectivity index (χ0) is 15.4. The minimum atomic E-state index is -0.192. The molecule has 1 aromatic rings. The zero-order valence-electron chi connectivity index (χ0n) is 12.3. The second kappa shape index (κ2) is 4.44. The van der Waals surface area contributed by atoms with Crippen molar-refractivity contribution in [1.82, 2.24) is 0 Å². The summed E-state index contributed by atoms with van der Waals surface area (Å²) in [5, 5.41) is 8.73. The summed E-state index contributed by atoms with van der Waals surface area (Å²) in [6.45, 7) is 5.62. The molecule has 0 radical (unpaired) electrons. The number of hydrogen-bond acceptors (Lipinski definition) is 3. The number of fused-ring (bicyclic) bond motifs is 1. The van der Waals surface area contributed by atoms with Crippen molar-refractivity contribution >= 4 is 17.5 Å². The van der Waals surface area contributed by atoms with Crippen LogP contribution in [-0.4, -0.2) is 23.5 Å². The number of carbonyl (C=O) groups is 2. The Morgan fingerprint density at radius 3 is 2.38 bits per heavy atom. The largest absolute Gasteiger partial charge is 0.384 e. The Hall–Kier alpha value is -2.12. The number of nitrogens with zero attached hydrogens (tertiary/aromatic N) is 1. The summed E-state index contributed by atoms with van der Waals surface area (Å²) >= 11 is 0. The number of piperidine rings is 1. The third-order valence-electron chi connectivity index (χ3n) is 4.57. The zero-order valence-corrected chi connectivity index (χ0v) is 12.3. The molecule has 1 aromatic carbocycles. The lowest BCUT2D eigenvalue weighted by molar-refractivity contribution is -0.125. The lowest BCUT2D eigenvalue weighted by atomic mass is 10.0. The molecule has 1 heterocycles. The molecule has 4 nitrogen and oxygen atoms in total. The van der Waals surface area contributed by atoms with E-state index in [4.69, 9.17) is 5.11 Å². The number of carbonyl (C=O) groups excluding carboxylic acids is 2. The van der Waals surface area contributed by atoms with Crippen molar-refractivity contribution in [1.29, 1.82) is 0 Å².